The molecule has 0 unspecified atom stereocenters. The number of carbonyl (C=O) groups is 2. The number of hydrogen-bond acceptors (Lipinski definition) is 3. The molecule has 1 aromatic rings. The molecule has 1 heterocycles. The first-order valence-electron chi connectivity index (χ1n) is 6.63. The highest BCUT2D eigenvalue weighted by Gasteiger charge is 2.43. The average molecular weight is 276 g/mol. The van der Waals surface area contributed by atoms with E-state index in [1.807, 2.05) is 0 Å². The van der Waals surface area contributed by atoms with Gasteiger partial charge in [-0.3, -0.25) is 9.59 Å². The zero-order valence-electron chi connectivity index (χ0n) is 12.3. The largest absolute Gasteiger partial charge is 0.508 e. The highest BCUT2D eigenvalue weighted by molar-refractivity contribution is 6.00. The van der Waals surface area contributed by atoms with Crippen LogP contribution in [0.15, 0.2) is 18.2 Å². The number of carbonyl (C=O) groups excluding carboxylic acids is 2. The molecule has 1 aliphatic rings. The number of phenolic OH excluding ortho intramolecular Hbond substituents is 1. The molecule has 0 aliphatic carbocycles. The minimum Gasteiger partial charge on any atom is -0.508 e. The maximum absolute atomic E-state index is 12.7. The summed E-state index contributed by atoms with van der Waals surface area (Å²) >= 11 is 0. The van der Waals surface area contributed by atoms with Crippen LogP contribution in [0.2, 0.25) is 0 Å². The first kappa shape index (κ1) is 14.4. The van der Waals surface area contributed by atoms with Crippen LogP contribution in [0.1, 0.15) is 29.8 Å². The van der Waals surface area contributed by atoms with Crippen LogP contribution in [-0.4, -0.2) is 52.4 Å². The number of amides is 2. The third kappa shape index (κ3) is 2.13. The van der Waals surface area contributed by atoms with E-state index >= 15 is 0 Å². The van der Waals surface area contributed by atoms with Crippen molar-refractivity contribution in [2.45, 2.75) is 26.3 Å². The molecule has 2 amide bonds. The average Bonchev–Trinajstić information content (AvgIpc) is 2.39. The van der Waals surface area contributed by atoms with Crippen molar-refractivity contribution < 1.29 is 14.7 Å². The number of likely N-dealkylation sites (N-methyl/N-ethyl adjacent to an activating group) is 1. The van der Waals surface area contributed by atoms with Gasteiger partial charge in [0.05, 0.1) is 0 Å². The van der Waals surface area contributed by atoms with Gasteiger partial charge in [-0.15, -0.1) is 0 Å². The lowest BCUT2D eigenvalue weighted by Gasteiger charge is -2.44. The second-order valence-electron chi connectivity index (χ2n) is 5.69. The fraction of sp³-hybridized carbons (Fsp3) is 0.467. The molecule has 1 fully saturated rings. The number of aromatic hydroxyl groups is 1. The van der Waals surface area contributed by atoms with Crippen LogP contribution in [0.25, 0.3) is 0 Å². The molecule has 0 bridgehead atoms. The Bertz CT molecular complexity index is 566. The van der Waals surface area contributed by atoms with E-state index in [-0.39, 0.29) is 17.6 Å². The molecule has 0 spiro atoms. The third-order valence-corrected chi connectivity index (χ3v) is 3.98. The predicted octanol–water partition coefficient (Wildman–Crippen LogP) is 1.39. The van der Waals surface area contributed by atoms with Crippen molar-refractivity contribution in [3.05, 3.63) is 29.3 Å². The molecule has 1 saturated heterocycles. The molecule has 108 valence electrons. The van der Waals surface area contributed by atoms with Crippen LogP contribution in [-0.2, 0) is 4.79 Å². The van der Waals surface area contributed by atoms with Gasteiger partial charge in [0.15, 0.2) is 0 Å². The summed E-state index contributed by atoms with van der Waals surface area (Å²) in [7, 11) is 1.74. The maximum Gasteiger partial charge on any atom is 0.255 e. The summed E-state index contributed by atoms with van der Waals surface area (Å²) in [6, 6.07) is 4.86. The summed E-state index contributed by atoms with van der Waals surface area (Å²) in [5, 5.41) is 9.73. The SMILES string of the molecule is Cc1c(O)cccc1C(=O)N1CCN(C)C(=O)C1(C)C. The third-order valence-electron chi connectivity index (χ3n) is 3.98. The van der Waals surface area contributed by atoms with Crippen LogP contribution >= 0.6 is 0 Å². The van der Waals surface area contributed by atoms with Gasteiger partial charge in [0.25, 0.3) is 5.91 Å². The Kier molecular flexibility index (Phi) is 3.46. The summed E-state index contributed by atoms with van der Waals surface area (Å²) in [5.41, 5.74) is 0.109. The van der Waals surface area contributed by atoms with Crippen LogP contribution in [0, 0.1) is 6.92 Å². The van der Waals surface area contributed by atoms with Crippen molar-refractivity contribution in [1.29, 1.82) is 0 Å². The molecule has 5 heteroatoms. The summed E-state index contributed by atoms with van der Waals surface area (Å²) in [5.74, 6) is -0.200. The van der Waals surface area contributed by atoms with Gasteiger partial charge in [-0.2, -0.15) is 0 Å². The van der Waals surface area contributed by atoms with Gasteiger partial charge in [0, 0.05) is 31.3 Å². The molecule has 20 heavy (non-hydrogen) atoms. The molecule has 0 saturated carbocycles. The lowest BCUT2D eigenvalue weighted by molar-refractivity contribution is -0.144. The summed E-state index contributed by atoms with van der Waals surface area (Å²) in [6.07, 6.45) is 0. The first-order chi connectivity index (χ1) is 9.26. The van der Waals surface area contributed by atoms with Crippen LogP contribution in [0.4, 0.5) is 0 Å². The Balaban J connectivity index is 2.38. The van der Waals surface area contributed by atoms with Gasteiger partial charge in [0.2, 0.25) is 5.91 Å². The number of phenols is 1. The quantitative estimate of drug-likeness (QED) is 0.843. The number of benzene rings is 1. The zero-order valence-corrected chi connectivity index (χ0v) is 12.3. The van der Waals surface area contributed by atoms with E-state index in [2.05, 4.69) is 0 Å². The van der Waals surface area contributed by atoms with Gasteiger partial charge >= 0.3 is 0 Å². The zero-order chi connectivity index (χ0) is 15.1. The molecule has 5 nitrogen and oxygen atoms in total. The van der Waals surface area contributed by atoms with E-state index in [4.69, 9.17) is 0 Å². The van der Waals surface area contributed by atoms with Gasteiger partial charge < -0.3 is 14.9 Å². The van der Waals surface area contributed by atoms with Crippen molar-refractivity contribution in [3.8, 4) is 5.75 Å². The molecular formula is C15H20N2O3. The van der Waals surface area contributed by atoms with Crippen LogP contribution < -0.4 is 0 Å². The highest BCUT2D eigenvalue weighted by Crippen LogP contribution is 2.27. The lowest BCUT2D eigenvalue weighted by Crippen LogP contribution is -2.63. The normalized spacial score (nSPS) is 18.3. The van der Waals surface area contributed by atoms with Crippen molar-refractivity contribution in [2.24, 2.45) is 0 Å². The van der Waals surface area contributed by atoms with Crippen molar-refractivity contribution in [3.63, 3.8) is 0 Å². The molecule has 1 aromatic carbocycles. The number of rotatable bonds is 1. The van der Waals surface area contributed by atoms with E-state index in [0.717, 1.165) is 0 Å². The van der Waals surface area contributed by atoms with E-state index < -0.39 is 5.54 Å². The molecule has 2 rings (SSSR count). The van der Waals surface area contributed by atoms with Gasteiger partial charge in [-0.1, -0.05) is 6.07 Å². The lowest BCUT2D eigenvalue weighted by atomic mass is 9.95. The van der Waals surface area contributed by atoms with E-state index in [1.165, 1.54) is 0 Å². The Morgan fingerprint density at radius 2 is 1.95 bits per heavy atom. The predicted molar refractivity (Wildman–Crippen MR) is 75.6 cm³/mol. The fourth-order valence-corrected chi connectivity index (χ4v) is 2.57. The molecule has 1 N–H and O–H groups in total. The molecule has 0 atom stereocenters. The second kappa shape index (κ2) is 4.81. The van der Waals surface area contributed by atoms with E-state index in [0.29, 0.717) is 24.2 Å². The van der Waals surface area contributed by atoms with E-state index in [9.17, 15) is 14.7 Å². The topological polar surface area (TPSA) is 60.9 Å². The Labute approximate surface area is 118 Å². The van der Waals surface area contributed by atoms with Gasteiger partial charge in [-0.05, 0) is 32.9 Å². The Morgan fingerprint density at radius 1 is 1.30 bits per heavy atom. The standard InChI is InChI=1S/C15H20N2O3/c1-10-11(6-5-7-12(10)18)13(19)17-9-8-16(4)14(20)15(17,2)3/h5-7,18H,8-9H2,1-4H3. The fourth-order valence-electron chi connectivity index (χ4n) is 2.57. The van der Waals surface area contributed by atoms with Crippen molar-refractivity contribution >= 4 is 11.8 Å². The molecular weight excluding hydrogens is 256 g/mol. The summed E-state index contributed by atoms with van der Waals surface area (Å²) in [4.78, 5) is 28.1. The van der Waals surface area contributed by atoms with Crippen LogP contribution in [0.5, 0.6) is 5.75 Å². The second-order valence-corrected chi connectivity index (χ2v) is 5.69. The monoisotopic (exact) mass is 276 g/mol. The minimum absolute atomic E-state index is 0.0742. The molecule has 1 aliphatic heterocycles. The Hall–Kier alpha value is -2.04. The van der Waals surface area contributed by atoms with Gasteiger partial charge in [0.1, 0.15) is 11.3 Å². The molecule has 0 aromatic heterocycles. The smallest absolute Gasteiger partial charge is 0.255 e. The Morgan fingerprint density at radius 3 is 2.60 bits per heavy atom. The van der Waals surface area contributed by atoms with Crippen LogP contribution in [0.3, 0.4) is 0 Å². The summed E-state index contributed by atoms with van der Waals surface area (Å²) < 4.78 is 0. The van der Waals surface area contributed by atoms with E-state index in [1.54, 1.807) is 55.8 Å². The summed E-state index contributed by atoms with van der Waals surface area (Å²) in [6.45, 7) is 6.21. The number of piperazine rings is 1. The van der Waals surface area contributed by atoms with Crippen molar-refractivity contribution in [2.75, 3.05) is 20.1 Å². The first-order valence-corrected chi connectivity index (χ1v) is 6.63. The number of hydrogen-bond donors (Lipinski definition) is 1. The van der Waals surface area contributed by atoms with Gasteiger partial charge in [-0.25, -0.2) is 0 Å². The maximum atomic E-state index is 12.7. The minimum atomic E-state index is -0.873. The number of nitrogens with zero attached hydrogens (tertiary/aromatic N) is 2. The molecule has 0 radical (unpaired) electrons. The van der Waals surface area contributed by atoms with Crippen molar-refractivity contribution in [1.82, 2.24) is 9.80 Å². The highest BCUT2D eigenvalue weighted by atomic mass is 16.3.